The maximum atomic E-state index is 13.1. The van der Waals surface area contributed by atoms with E-state index in [1.165, 1.54) is 31.2 Å². The number of hydrogen-bond acceptors (Lipinski definition) is 7. The van der Waals surface area contributed by atoms with Gasteiger partial charge in [-0.3, -0.25) is 14.9 Å². The predicted molar refractivity (Wildman–Crippen MR) is 122 cm³/mol. The second kappa shape index (κ2) is 10.5. The maximum absolute atomic E-state index is 13.1. The number of nitrogens with zero attached hydrogens (tertiary/aromatic N) is 1. The molecule has 1 aliphatic heterocycles. The van der Waals surface area contributed by atoms with E-state index >= 15 is 0 Å². The number of carboxylic acids is 1. The summed E-state index contributed by atoms with van der Waals surface area (Å²) < 4.78 is 16.3. The highest BCUT2D eigenvalue weighted by molar-refractivity contribution is 6.39. The normalized spacial score (nSPS) is 15.7. The Morgan fingerprint density at radius 1 is 1.03 bits per heavy atom. The van der Waals surface area contributed by atoms with Crippen molar-refractivity contribution < 1.29 is 38.5 Å². The van der Waals surface area contributed by atoms with Crippen molar-refractivity contribution in [1.29, 1.82) is 0 Å². The standard InChI is InChI=1S/C24H24N2O8/c1-4-32-17-9-7-16(8-10-17)26-22(28)18(21(27)25-24(26)31)12-15-6-11-19(20(13-15)33-5-2)34-14(3)23(29)30/h6-14H,4-5H2,1-3H3,(H,29,30)(H,25,27,31)/b18-12-. The largest absolute Gasteiger partial charge is 0.494 e. The van der Waals surface area contributed by atoms with Gasteiger partial charge in [0.05, 0.1) is 18.9 Å². The van der Waals surface area contributed by atoms with Gasteiger partial charge in [-0.25, -0.2) is 14.5 Å². The first kappa shape index (κ1) is 24.3. The van der Waals surface area contributed by atoms with Gasteiger partial charge in [-0.2, -0.15) is 0 Å². The van der Waals surface area contributed by atoms with Gasteiger partial charge in [-0.1, -0.05) is 6.07 Å². The summed E-state index contributed by atoms with van der Waals surface area (Å²) in [6, 6.07) is 9.98. The molecular formula is C24H24N2O8. The van der Waals surface area contributed by atoms with E-state index in [0.717, 1.165) is 4.90 Å². The maximum Gasteiger partial charge on any atom is 0.344 e. The van der Waals surface area contributed by atoms with Gasteiger partial charge < -0.3 is 19.3 Å². The Kier molecular flexibility index (Phi) is 7.52. The number of aliphatic carboxylic acids is 1. The molecule has 0 aromatic heterocycles. The van der Waals surface area contributed by atoms with Gasteiger partial charge in [-0.15, -0.1) is 0 Å². The molecule has 1 aliphatic rings. The highest BCUT2D eigenvalue weighted by Gasteiger charge is 2.36. The van der Waals surface area contributed by atoms with Crippen LogP contribution in [0.5, 0.6) is 17.2 Å². The van der Waals surface area contributed by atoms with E-state index in [1.807, 2.05) is 6.92 Å². The molecule has 1 unspecified atom stereocenters. The summed E-state index contributed by atoms with van der Waals surface area (Å²) in [6.07, 6.45) is 0.210. The third-order valence-corrected chi connectivity index (χ3v) is 4.74. The quantitative estimate of drug-likeness (QED) is 0.424. The van der Waals surface area contributed by atoms with Gasteiger partial charge in [0.25, 0.3) is 11.8 Å². The average Bonchev–Trinajstić information content (AvgIpc) is 2.79. The second-order valence-corrected chi connectivity index (χ2v) is 7.12. The number of ether oxygens (including phenoxy) is 3. The zero-order chi connectivity index (χ0) is 24.8. The molecule has 2 aromatic rings. The molecule has 0 radical (unpaired) electrons. The number of urea groups is 1. The molecule has 4 amide bonds. The molecule has 10 heteroatoms. The van der Waals surface area contributed by atoms with Gasteiger partial charge in [-0.05, 0) is 68.8 Å². The molecule has 0 aliphatic carbocycles. The van der Waals surface area contributed by atoms with Crippen molar-refractivity contribution in [3.05, 3.63) is 53.6 Å². The summed E-state index contributed by atoms with van der Waals surface area (Å²) >= 11 is 0. The van der Waals surface area contributed by atoms with E-state index in [4.69, 9.17) is 19.3 Å². The number of rotatable bonds is 9. The van der Waals surface area contributed by atoms with Crippen LogP contribution in [-0.4, -0.2) is 48.2 Å². The molecule has 1 fully saturated rings. The van der Waals surface area contributed by atoms with Crippen molar-refractivity contribution >= 4 is 35.6 Å². The first-order chi connectivity index (χ1) is 16.2. The van der Waals surface area contributed by atoms with Crippen LogP contribution in [0.2, 0.25) is 0 Å². The van der Waals surface area contributed by atoms with Crippen LogP contribution in [0.25, 0.3) is 6.08 Å². The lowest BCUT2D eigenvalue weighted by Crippen LogP contribution is -2.54. The minimum atomic E-state index is -1.14. The van der Waals surface area contributed by atoms with Crippen LogP contribution in [0.1, 0.15) is 26.3 Å². The lowest BCUT2D eigenvalue weighted by Gasteiger charge is -2.26. The summed E-state index contributed by atoms with van der Waals surface area (Å²) in [7, 11) is 0. The van der Waals surface area contributed by atoms with Crippen LogP contribution >= 0.6 is 0 Å². The monoisotopic (exact) mass is 468 g/mol. The lowest BCUT2D eigenvalue weighted by molar-refractivity contribution is -0.144. The Labute approximate surface area is 195 Å². The number of hydrogen-bond donors (Lipinski definition) is 2. The predicted octanol–water partition coefficient (Wildman–Crippen LogP) is 3.00. The fourth-order valence-corrected chi connectivity index (χ4v) is 3.14. The minimum absolute atomic E-state index is 0.199. The topological polar surface area (TPSA) is 131 Å². The molecule has 10 nitrogen and oxygen atoms in total. The zero-order valence-corrected chi connectivity index (χ0v) is 18.9. The molecule has 0 bridgehead atoms. The molecule has 1 saturated heterocycles. The first-order valence-corrected chi connectivity index (χ1v) is 10.6. The van der Waals surface area contributed by atoms with Gasteiger partial charge in [0.15, 0.2) is 17.6 Å². The van der Waals surface area contributed by atoms with Crippen molar-refractivity contribution in [3.63, 3.8) is 0 Å². The van der Waals surface area contributed by atoms with E-state index in [9.17, 15) is 19.2 Å². The minimum Gasteiger partial charge on any atom is -0.494 e. The SMILES string of the molecule is CCOc1ccc(N2C(=O)NC(=O)/C(=C/c3ccc(OC(C)C(=O)O)c(OCC)c3)C2=O)cc1. The second-order valence-electron chi connectivity index (χ2n) is 7.12. The smallest absolute Gasteiger partial charge is 0.344 e. The van der Waals surface area contributed by atoms with Crippen molar-refractivity contribution in [2.24, 2.45) is 0 Å². The van der Waals surface area contributed by atoms with Crippen LogP contribution in [0.15, 0.2) is 48.0 Å². The molecule has 2 aromatic carbocycles. The van der Waals surface area contributed by atoms with E-state index in [1.54, 1.807) is 31.2 Å². The molecular weight excluding hydrogens is 444 g/mol. The van der Waals surface area contributed by atoms with Crippen LogP contribution in [-0.2, 0) is 14.4 Å². The van der Waals surface area contributed by atoms with Crippen molar-refractivity contribution in [2.75, 3.05) is 18.1 Å². The van der Waals surface area contributed by atoms with Gasteiger partial charge in [0.2, 0.25) is 0 Å². The first-order valence-electron chi connectivity index (χ1n) is 10.6. The van der Waals surface area contributed by atoms with Crippen molar-refractivity contribution in [1.82, 2.24) is 5.32 Å². The molecule has 34 heavy (non-hydrogen) atoms. The molecule has 178 valence electrons. The molecule has 2 N–H and O–H groups in total. The summed E-state index contributed by atoms with van der Waals surface area (Å²) in [6.45, 7) is 5.70. The summed E-state index contributed by atoms with van der Waals surface area (Å²) in [5.41, 5.74) is 0.424. The van der Waals surface area contributed by atoms with Gasteiger partial charge in [0, 0.05) is 0 Å². The third kappa shape index (κ3) is 5.34. The van der Waals surface area contributed by atoms with Crippen LogP contribution < -0.4 is 24.4 Å². The Bertz CT molecular complexity index is 1140. The van der Waals surface area contributed by atoms with Crippen LogP contribution in [0.3, 0.4) is 0 Å². The Morgan fingerprint density at radius 3 is 2.32 bits per heavy atom. The number of amides is 4. The zero-order valence-electron chi connectivity index (χ0n) is 18.9. The Hall–Kier alpha value is -4.34. The van der Waals surface area contributed by atoms with Gasteiger partial charge in [0.1, 0.15) is 11.3 Å². The number of carbonyl (C=O) groups is 4. The summed E-state index contributed by atoms with van der Waals surface area (Å²) in [5, 5.41) is 11.2. The number of carboxylic acid groups (broad SMARTS) is 1. The van der Waals surface area contributed by atoms with Crippen molar-refractivity contribution in [3.8, 4) is 17.2 Å². The third-order valence-electron chi connectivity index (χ3n) is 4.74. The number of benzene rings is 2. The molecule has 0 saturated carbocycles. The summed E-state index contributed by atoms with van der Waals surface area (Å²) in [4.78, 5) is 49.9. The number of imide groups is 2. The van der Waals surface area contributed by atoms with E-state index in [0.29, 0.717) is 17.9 Å². The van der Waals surface area contributed by atoms with Crippen molar-refractivity contribution in [2.45, 2.75) is 26.9 Å². The molecule has 3 rings (SSSR count). The van der Waals surface area contributed by atoms with E-state index in [-0.39, 0.29) is 29.4 Å². The fraction of sp³-hybridized carbons (Fsp3) is 0.250. The number of carbonyl (C=O) groups excluding carboxylic acids is 3. The Balaban J connectivity index is 1.93. The fourth-order valence-electron chi connectivity index (χ4n) is 3.14. The number of barbiturate groups is 1. The highest BCUT2D eigenvalue weighted by Crippen LogP contribution is 2.31. The molecule has 1 heterocycles. The highest BCUT2D eigenvalue weighted by atomic mass is 16.5. The average molecular weight is 468 g/mol. The number of nitrogens with one attached hydrogen (secondary N) is 1. The molecule has 0 spiro atoms. The summed E-state index contributed by atoms with van der Waals surface area (Å²) in [5.74, 6) is -1.76. The lowest BCUT2D eigenvalue weighted by atomic mass is 10.1. The Morgan fingerprint density at radius 2 is 1.71 bits per heavy atom. The van der Waals surface area contributed by atoms with Gasteiger partial charge >= 0.3 is 12.0 Å². The van der Waals surface area contributed by atoms with E-state index < -0.39 is 29.9 Å². The van der Waals surface area contributed by atoms with E-state index in [2.05, 4.69) is 5.32 Å². The van der Waals surface area contributed by atoms with Crippen LogP contribution in [0, 0.1) is 0 Å². The van der Waals surface area contributed by atoms with Crippen LogP contribution in [0.4, 0.5) is 10.5 Å². The molecule has 1 atom stereocenters. The number of anilines is 1.